The first-order valence-electron chi connectivity index (χ1n) is 8.87. The fourth-order valence-electron chi connectivity index (χ4n) is 3.10. The van der Waals surface area contributed by atoms with Gasteiger partial charge in [0.05, 0.1) is 19.3 Å². The van der Waals surface area contributed by atoms with Crippen LogP contribution >= 0.6 is 0 Å². The molecule has 0 spiro atoms. The number of hydrogen-bond acceptors (Lipinski definition) is 4. The average molecular weight is 334 g/mol. The first kappa shape index (κ1) is 18.6. The van der Waals surface area contributed by atoms with Gasteiger partial charge in [-0.25, -0.2) is 0 Å². The lowest BCUT2D eigenvalue weighted by atomic mass is 10.0. The van der Waals surface area contributed by atoms with E-state index in [9.17, 15) is 4.79 Å². The van der Waals surface area contributed by atoms with Gasteiger partial charge in [0.25, 0.3) is 0 Å². The number of hydrogen-bond donors (Lipinski definition) is 2. The number of nitrogens with one attached hydrogen (secondary N) is 1. The molecule has 0 saturated heterocycles. The largest absolute Gasteiger partial charge is 0.493 e. The molecule has 5 nitrogen and oxygen atoms in total. The minimum atomic E-state index is -0.477. The fraction of sp³-hybridized carbons (Fsp3) is 0.632. The Morgan fingerprint density at radius 1 is 1.33 bits per heavy atom. The standard InChI is InChI=1S/C19H30N2O3/c1-13(2)11-16(20)19(22)21-12-14-7-6-10-17(23-3)18(14)24-15-8-4-5-9-15/h6-7,10,13,15-16H,4-5,8-9,11-12,20H2,1-3H3,(H,21,22)/t16-/m0/s1. The number of methoxy groups -OCH3 is 1. The number of benzene rings is 1. The third kappa shape index (κ3) is 5.13. The molecule has 0 heterocycles. The van der Waals surface area contributed by atoms with Gasteiger partial charge in [0, 0.05) is 12.1 Å². The van der Waals surface area contributed by atoms with E-state index in [1.165, 1.54) is 12.8 Å². The number of amides is 1. The Balaban J connectivity index is 2.04. The Hall–Kier alpha value is -1.75. The van der Waals surface area contributed by atoms with E-state index in [-0.39, 0.29) is 12.0 Å². The molecule has 1 aliphatic carbocycles. The van der Waals surface area contributed by atoms with Crippen molar-refractivity contribution in [1.82, 2.24) is 5.32 Å². The predicted octanol–water partition coefficient (Wildman–Crippen LogP) is 3.01. The Kier molecular flexibility index (Phi) is 6.91. The summed E-state index contributed by atoms with van der Waals surface area (Å²) in [6.45, 7) is 4.51. The maximum absolute atomic E-state index is 12.2. The molecule has 1 aromatic carbocycles. The molecule has 1 aliphatic rings. The Morgan fingerprint density at radius 3 is 2.67 bits per heavy atom. The van der Waals surface area contributed by atoms with E-state index < -0.39 is 6.04 Å². The summed E-state index contributed by atoms with van der Waals surface area (Å²) in [5, 5.41) is 2.92. The molecule has 0 unspecified atom stereocenters. The van der Waals surface area contributed by atoms with E-state index in [4.69, 9.17) is 15.2 Å². The van der Waals surface area contributed by atoms with Crippen LogP contribution in [-0.4, -0.2) is 25.2 Å². The third-order valence-corrected chi connectivity index (χ3v) is 4.38. The second kappa shape index (κ2) is 8.92. The van der Waals surface area contributed by atoms with Crippen molar-refractivity contribution in [1.29, 1.82) is 0 Å². The van der Waals surface area contributed by atoms with E-state index in [1.54, 1.807) is 7.11 Å². The highest BCUT2D eigenvalue weighted by Gasteiger charge is 2.21. The van der Waals surface area contributed by atoms with Gasteiger partial charge < -0.3 is 20.5 Å². The van der Waals surface area contributed by atoms with Crippen LogP contribution in [-0.2, 0) is 11.3 Å². The van der Waals surface area contributed by atoms with Crippen molar-refractivity contribution in [3.8, 4) is 11.5 Å². The molecule has 1 saturated carbocycles. The topological polar surface area (TPSA) is 73.6 Å². The third-order valence-electron chi connectivity index (χ3n) is 4.38. The Bertz CT molecular complexity index is 539. The quantitative estimate of drug-likeness (QED) is 0.766. The van der Waals surface area contributed by atoms with E-state index >= 15 is 0 Å². The van der Waals surface area contributed by atoms with Crippen LogP contribution in [0.25, 0.3) is 0 Å². The van der Waals surface area contributed by atoms with E-state index in [1.807, 2.05) is 18.2 Å². The van der Waals surface area contributed by atoms with Crippen molar-refractivity contribution in [2.75, 3.05) is 7.11 Å². The molecule has 2 rings (SSSR count). The lowest BCUT2D eigenvalue weighted by Gasteiger charge is -2.20. The molecular weight excluding hydrogens is 304 g/mol. The first-order valence-corrected chi connectivity index (χ1v) is 8.87. The van der Waals surface area contributed by atoms with Crippen LogP contribution in [0.5, 0.6) is 11.5 Å². The van der Waals surface area contributed by atoms with Crippen LogP contribution in [0.3, 0.4) is 0 Å². The number of rotatable bonds is 8. The molecule has 0 bridgehead atoms. The molecule has 5 heteroatoms. The van der Waals surface area contributed by atoms with Crippen molar-refractivity contribution in [3.63, 3.8) is 0 Å². The van der Waals surface area contributed by atoms with Crippen LogP contribution in [0.4, 0.5) is 0 Å². The van der Waals surface area contributed by atoms with Gasteiger partial charge in [0.2, 0.25) is 5.91 Å². The van der Waals surface area contributed by atoms with Crippen LogP contribution in [0.2, 0.25) is 0 Å². The Morgan fingerprint density at radius 2 is 2.04 bits per heavy atom. The maximum atomic E-state index is 12.2. The number of carbonyl (C=O) groups excluding carboxylic acids is 1. The summed E-state index contributed by atoms with van der Waals surface area (Å²) in [6, 6.07) is 5.28. The maximum Gasteiger partial charge on any atom is 0.237 e. The summed E-state index contributed by atoms with van der Waals surface area (Å²) in [5.41, 5.74) is 6.86. The van der Waals surface area contributed by atoms with Gasteiger partial charge in [-0.15, -0.1) is 0 Å². The highest BCUT2D eigenvalue weighted by molar-refractivity contribution is 5.81. The molecule has 1 amide bonds. The highest BCUT2D eigenvalue weighted by atomic mass is 16.5. The van der Waals surface area contributed by atoms with Gasteiger partial charge in [-0.1, -0.05) is 26.0 Å². The molecule has 24 heavy (non-hydrogen) atoms. The first-order chi connectivity index (χ1) is 11.5. The van der Waals surface area contributed by atoms with Crippen molar-refractivity contribution >= 4 is 5.91 Å². The normalized spacial score (nSPS) is 16.2. The summed E-state index contributed by atoms with van der Waals surface area (Å²) in [4.78, 5) is 12.2. The average Bonchev–Trinajstić information content (AvgIpc) is 3.05. The van der Waals surface area contributed by atoms with Gasteiger partial charge >= 0.3 is 0 Å². The molecule has 1 atom stereocenters. The van der Waals surface area contributed by atoms with E-state index in [0.29, 0.717) is 24.6 Å². The van der Waals surface area contributed by atoms with Crippen LogP contribution in [0, 0.1) is 5.92 Å². The molecular formula is C19H30N2O3. The number of ether oxygens (including phenoxy) is 2. The fourth-order valence-corrected chi connectivity index (χ4v) is 3.10. The van der Waals surface area contributed by atoms with Crippen molar-refractivity contribution in [2.45, 2.75) is 64.6 Å². The summed E-state index contributed by atoms with van der Waals surface area (Å²) in [7, 11) is 1.64. The molecule has 3 N–H and O–H groups in total. The predicted molar refractivity (Wildman–Crippen MR) is 95.2 cm³/mol. The lowest BCUT2D eigenvalue weighted by molar-refractivity contribution is -0.122. The lowest BCUT2D eigenvalue weighted by Crippen LogP contribution is -2.41. The summed E-state index contributed by atoms with van der Waals surface area (Å²) >= 11 is 0. The molecule has 0 radical (unpaired) electrons. The van der Waals surface area contributed by atoms with Gasteiger partial charge in [-0.3, -0.25) is 4.79 Å². The van der Waals surface area contributed by atoms with Crippen molar-refractivity contribution in [3.05, 3.63) is 23.8 Å². The van der Waals surface area contributed by atoms with Gasteiger partial charge in [0.1, 0.15) is 0 Å². The number of nitrogens with two attached hydrogens (primary N) is 1. The Labute approximate surface area is 144 Å². The summed E-state index contributed by atoms with van der Waals surface area (Å²) in [6.07, 6.45) is 5.46. The highest BCUT2D eigenvalue weighted by Crippen LogP contribution is 2.34. The van der Waals surface area contributed by atoms with Gasteiger partial charge in [-0.05, 0) is 44.1 Å². The van der Waals surface area contributed by atoms with Crippen LogP contribution in [0.1, 0.15) is 51.5 Å². The monoisotopic (exact) mass is 334 g/mol. The number of carbonyl (C=O) groups is 1. The molecule has 1 aromatic rings. The SMILES string of the molecule is COc1cccc(CNC(=O)[C@@H](N)CC(C)C)c1OC1CCCC1. The minimum Gasteiger partial charge on any atom is -0.493 e. The zero-order chi connectivity index (χ0) is 17.5. The minimum absolute atomic E-state index is 0.127. The smallest absolute Gasteiger partial charge is 0.237 e. The van der Waals surface area contributed by atoms with Crippen molar-refractivity contribution in [2.24, 2.45) is 11.7 Å². The second-order valence-corrected chi connectivity index (χ2v) is 6.93. The summed E-state index contributed by atoms with van der Waals surface area (Å²) in [5.74, 6) is 1.71. The molecule has 0 aliphatic heterocycles. The van der Waals surface area contributed by atoms with Crippen molar-refractivity contribution < 1.29 is 14.3 Å². The summed E-state index contributed by atoms with van der Waals surface area (Å²) < 4.78 is 11.6. The molecule has 0 aromatic heterocycles. The number of para-hydroxylation sites is 1. The van der Waals surface area contributed by atoms with Gasteiger partial charge in [0.15, 0.2) is 11.5 Å². The van der Waals surface area contributed by atoms with E-state index in [2.05, 4.69) is 19.2 Å². The molecule has 134 valence electrons. The second-order valence-electron chi connectivity index (χ2n) is 6.93. The van der Waals surface area contributed by atoms with E-state index in [0.717, 1.165) is 24.2 Å². The van der Waals surface area contributed by atoms with Crippen LogP contribution in [0.15, 0.2) is 18.2 Å². The van der Waals surface area contributed by atoms with Crippen LogP contribution < -0.4 is 20.5 Å². The molecule has 1 fully saturated rings. The van der Waals surface area contributed by atoms with Gasteiger partial charge in [-0.2, -0.15) is 0 Å². The zero-order valence-electron chi connectivity index (χ0n) is 15.0. The zero-order valence-corrected chi connectivity index (χ0v) is 15.0.